The summed E-state index contributed by atoms with van der Waals surface area (Å²) >= 11 is 0. The van der Waals surface area contributed by atoms with Gasteiger partial charge in [0.15, 0.2) is 0 Å². The largest absolute Gasteiger partial charge is 0.374 e. The first-order chi connectivity index (χ1) is 9.06. The summed E-state index contributed by atoms with van der Waals surface area (Å²) in [6, 6.07) is 3.71. The number of benzene rings is 1. The van der Waals surface area contributed by atoms with Crippen LogP contribution in [0.4, 0.5) is 15.8 Å². The first-order valence-corrected chi connectivity index (χ1v) is 6.43. The van der Waals surface area contributed by atoms with E-state index in [9.17, 15) is 14.5 Å². The maximum atomic E-state index is 13.4. The summed E-state index contributed by atoms with van der Waals surface area (Å²) in [6.45, 7) is 2.80. The molecule has 1 aliphatic heterocycles. The van der Waals surface area contributed by atoms with Crippen LogP contribution in [0.5, 0.6) is 0 Å². The van der Waals surface area contributed by atoms with E-state index in [1.54, 1.807) is 0 Å². The maximum Gasteiger partial charge on any atom is 0.274 e. The zero-order chi connectivity index (χ0) is 13.8. The second-order valence-corrected chi connectivity index (χ2v) is 5.00. The van der Waals surface area contributed by atoms with E-state index in [0.717, 1.165) is 38.5 Å². The van der Waals surface area contributed by atoms with E-state index in [4.69, 9.17) is 0 Å². The highest BCUT2D eigenvalue weighted by molar-refractivity contribution is 5.53. The molecule has 1 fully saturated rings. The van der Waals surface area contributed by atoms with Crippen LogP contribution in [0.15, 0.2) is 18.2 Å². The van der Waals surface area contributed by atoms with Gasteiger partial charge in [0.1, 0.15) is 5.82 Å². The van der Waals surface area contributed by atoms with Crippen molar-refractivity contribution >= 4 is 11.4 Å². The van der Waals surface area contributed by atoms with Crippen molar-refractivity contribution in [3.05, 3.63) is 34.1 Å². The fraction of sp³-hybridized carbons (Fsp3) is 0.538. The molecule has 0 aromatic heterocycles. The fourth-order valence-corrected chi connectivity index (χ4v) is 2.44. The number of nitro groups is 1. The molecule has 104 valence electrons. The van der Waals surface area contributed by atoms with E-state index in [2.05, 4.69) is 5.32 Å². The van der Waals surface area contributed by atoms with E-state index >= 15 is 0 Å². The second kappa shape index (κ2) is 5.97. The van der Waals surface area contributed by atoms with Crippen LogP contribution in [0.2, 0.25) is 0 Å². The van der Waals surface area contributed by atoms with Crippen LogP contribution in [0.3, 0.4) is 0 Å². The van der Waals surface area contributed by atoms with Crippen molar-refractivity contribution < 1.29 is 9.31 Å². The van der Waals surface area contributed by atoms with Gasteiger partial charge in [0.2, 0.25) is 0 Å². The second-order valence-electron chi connectivity index (χ2n) is 5.00. The van der Waals surface area contributed by atoms with Gasteiger partial charge < -0.3 is 10.2 Å². The summed E-state index contributed by atoms with van der Waals surface area (Å²) in [4.78, 5) is 12.1. The average molecular weight is 267 g/mol. The number of nitrogens with one attached hydrogen (secondary N) is 1. The molecule has 0 unspecified atom stereocenters. The van der Waals surface area contributed by atoms with Gasteiger partial charge in [-0.15, -0.1) is 0 Å². The molecule has 1 saturated heterocycles. The van der Waals surface area contributed by atoms with Crippen molar-refractivity contribution in [1.82, 2.24) is 5.32 Å². The van der Waals surface area contributed by atoms with E-state index in [1.165, 1.54) is 12.1 Å². The molecule has 1 heterocycles. The smallest absolute Gasteiger partial charge is 0.274 e. The quantitative estimate of drug-likeness (QED) is 0.671. The number of non-ortho nitro benzene ring substituents is 1. The molecule has 19 heavy (non-hydrogen) atoms. The highest BCUT2D eigenvalue weighted by atomic mass is 19.1. The number of anilines is 1. The molecule has 0 atom stereocenters. The van der Waals surface area contributed by atoms with Crippen molar-refractivity contribution in [2.45, 2.75) is 12.8 Å². The molecular weight excluding hydrogens is 249 g/mol. The van der Waals surface area contributed by atoms with Crippen molar-refractivity contribution in [2.24, 2.45) is 5.92 Å². The first kappa shape index (κ1) is 13.7. The van der Waals surface area contributed by atoms with Crippen LogP contribution < -0.4 is 10.2 Å². The van der Waals surface area contributed by atoms with Gasteiger partial charge in [-0.3, -0.25) is 10.1 Å². The minimum atomic E-state index is -0.568. The lowest BCUT2D eigenvalue weighted by Crippen LogP contribution is -2.34. The third-order valence-corrected chi connectivity index (χ3v) is 3.51. The Morgan fingerprint density at radius 2 is 2.11 bits per heavy atom. The fourth-order valence-electron chi connectivity index (χ4n) is 2.44. The molecule has 1 aliphatic rings. The highest BCUT2D eigenvalue weighted by Crippen LogP contribution is 2.24. The zero-order valence-electron chi connectivity index (χ0n) is 10.9. The molecule has 2 rings (SSSR count). The predicted molar refractivity (Wildman–Crippen MR) is 71.9 cm³/mol. The molecule has 0 saturated carbocycles. The third kappa shape index (κ3) is 3.64. The molecule has 0 radical (unpaired) electrons. The van der Waals surface area contributed by atoms with E-state index in [-0.39, 0.29) is 5.69 Å². The molecular formula is C13H18FN3O2. The molecule has 1 aromatic carbocycles. The Kier molecular flexibility index (Phi) is 4.31. The summed E-state index contributed by atoms with van der Waals surface area (Å²) < 4.78 is 13.4. The topological polar surface area (TPSA) is 58.4 Å². The number of piperidine rings is 1. The van der Waals surface area contributed by atoms with Gasteiger partial charge in [0, 0.05) is 25.3 Å². The molecule has 1 N–H and O–H groups in total. The van der Waals surface area contributed by atoms with Gasteiger partial charge in [-0.25, -0.2) is 4.39 Å². The Labute approximate surface area is 111 Å². The van der Waals surface area contributed by atoms with Gasteiger partial charge in [-0.2, -0.15) is 0 Å². The SMILES string of the molecule is CN(CC1CCNCC1)c1cc(F)cc([N+](=O)[O-])c1. The molecule has 1 aromatic rings. The van der Waals surface area contributed by atoms with Crippen molar-refractivity contribution in [3.8, 4) is 0 Å². The number of halogens is 1. The Bertz CT molecular complexity index is 461. The molecule has 0 amide bonds. The number of nitrogens with zero attached hydrogens (tertiary/aromatic N) is 2. The number of rotatable bonds is 4. The average Bonchev–Trinajstić information content (AvgIpc) is 2.39. The lowest BCUT2D eigenvalue weighted by Gasteiger charge is -2.28. The highest BCUT2D eigenvalue weighted by Gasteiger charge is 2.17. The van der Waals surface area contributed by atoms with Crippen LogP contribution in [-0.4, -0.2) is 31.6 Å². The number of hydrogen-bond acceptors (Lipinski definition) is 4. The molecule has 5 nitrogen and oxygen atoms in total. The first-order valence-electron chi connectivity index (χ1n) is 6.43. The van der Waals surface area contributed by atoms with Crippen LogP contribution >= 0.6 is 0 Å². The van der Waals surface area contributed by atoms with Gasteiger partial charge in [-0.1, -0.05) is 0 Å². The van der Waals surface area contributed by atoms with Gasteiger partial charge in [-0.05, 0) is 37.9 Å². The van der Waals surface area contributed by atoms with Gasteiger partial charge >= 0.3 is 0 Å². The van der Waals surface area contributed by atoms with E-state index in [1.807, 2.05) is 11.9 Å². The maximum absolute atomic E-state index is 13.4. The Morgan fingerprint density at radius 3 is 2.74 bits per heavy atom. The van der Waals surface area contributed by atoms with Crippen molar-refractivity contribution in [1.29, 1.82) is 0 Å². The van der Waals surface area contributed by atoms with Crippen LogP contribution in [-0.2, 0) is 0 Å². The lowest BCUT2D eigenvalue weighted by atomic mass is 9.97. The predicted octanol–water partition coefficient (Wildman–Crippen LogP) is 2.17. The van der Waals surface area contributed by atoms with Crippen LogP contribution in [0, 0.1) is 21.8 Å². The standard InChI is InChI=1S/C13H18FN3O2/c1-16(9-10-2-4-15-5-3-10)12-6-11(14)7-13(8-12)17(18)19/h6-8,10,15H,2-5,9H2,1H3. The normalized spacial score (nSPS) is 16.3. The minimum Gasteiger partial charge on any atom is -0.374 e. The van der Waals surface area contributed by atoms with Crippen molar-refractivity contribution in [3.63, 3.8) is 0 Å². The van der Waals surface area contributed by atoms with Crippen LogP contribution in [0.25, 0.3) is 0 Å². The Morgan fingerprint density at radius 1 is 1.42 bits per heavy atom. The summed E-state index contributed by atoms with van der Waals surface area (Å²) in [7, 11) is 1.85. The van der Waals surface area contributed by atoms with Crippen molar-refractivity contribution in [2.75, 3.05) is 31.6 Å². The molecule has 6 heteroatoms. The molecule has 0 spiro atoms. The Balaban J connectivity index is 2.09. The zero-order valence-corrected chi connectivity index (χ0v) is 10.9. The third-order valence-electron chi connectivity index (χ3n) is 3.51. The summed E-state index contributed by atoms with van der Waals surface area (Å²) in [5.74, 6) is -0.0186. The van der Waals surface area contributed by atoms with E-state index < -0.39 is 10.7 Å². The number of nitro benzene ring substituents is 1. The summed E-state index contributed by atoms with van der Waals surface area (Å²) in [6.07, 6.45) is 2.17. The molecule has 0 aliphatic carbocycles. The van der Waals surface area contributed by atoms with Crippen LogP contribution in [0.1, 0.15) is 12.8 Å². The summed E-state index contributed by atoms with van der Waals surface area (Å²) in [5, 5.41) is 14.0. The summed E-state index contributed by atoms with van der Waals surface area (Å²) in [5.41, 5.74) is 0.359. The van der Waals surface area contributed by atoms with Gasteiger partial charge in [0.25, 0.3) is 5.69 Å². The number of hydrogen-bond donors (Lipinski definition) is 1. The monoisotopic (exact) mass is 267 g/mol. The van der Waals surface area contributed by atoms with E-state index in [0.29, 0.717) is 11.6 Å². The Hall–Kier alpha value is -1.69. The molecule has 0 bridgehead atoms. The lowest BCUT2D eigenvalue weighted by molar-refractivity contribution is -0.385. The van der Waals surface area contributed by atoms with Gasteiger partial charge in [0.05, 0.1) is 11.0 Å². The minimum absolute atomic E-state index is 0.202.